The van der Waals surface area contributed by atoms with Crippen molar-refractivity contribution >= 4 is 11.6 Å². The summed E-state index contributed by atoms with van der Waals surface area (Å²) in [4.78, 5) is -0.649. The minimum atomic E-state index is -0.649. The fourth-order valence-corrected chi connectivity index (χ4v) is 2.25. The number of rotatable bonds is 6. The molecule has 1 aromatic carbocycles. The van der Waals surface area contributed by atoms with Crippen molar-refractivity contribution in [1.29, 1.82) is 0 Å². The Kier molecular flexibility index (Phi) is 7.00. The minimum absolute atomic E-state index is 0.177. The van der Waals surface area contributed by atoms with Gasteiger partial charge in [0.05, 0.1) is 0 Å². The summed E-state index contributed by atoms with van der Waals surface area (Å²) in [7, 11) is 0. The van der Waals surface area contributed by atoms with Crippen molar-refractivity contribution in [3.8, 4) is 24.1 Å². The molecule has 3 heteroatoms. The topological polar surface area (TPSA) is 18.5 Å². The van der Waals surface area contributed by atoms with Crippen molar-refractivity contribution in [3.05, 3.63) is 35.4 Å². The second kappa shape index (κ2) is 8.50. The third-order valence-corrected chi connectivity index (χ3v) is 3.99. The summed E-state index contributed by atoms with van der Waals surface area (Å²) in [5, 5.41) is 0. The van der Waals surface area contributed by atoms with Crippen LogP contribution in [0.4, 0.5) is 0 Å². The van der Waals surface area contributed by atoms with Gasteiger partial charge in [-0.2, -0.15) is 0 Å². The summed E-state index contributed by atoms with van der Waals surface area (Å²) in [5.74, 6) is 5.60. The first-order valence-electron chi connectivity index (χ1n) is 6.90. The van der Waals surface area contributed by atoms with Gasteiger partial charge in [-0.25, -0.2) is 0 Å². The monoisotopic (exact) mass is 304 g/mol. The van der Waals surface area contributed by atoms with Crippen molar-refractivity contribution in [3.63, 3.8) is 0 Å². The van der Waals surface area contributed by atoms with Crippen LogP contribution in [0.15, 0.2) is 24.3 Å². The Morgan fingerprint density at radius 3 is 2.33 bits per heavy atom. The highest BCUT2D eigenvalue weighted by Gasteiger charge is 2.36. The zero-order valence-corrected chi connectivity index (χ0v) is 13.8. The Labute approximate surface area is 132 Å². The van der Waals surface area contributed by atoms with E-state index in [2.05, 4.69) is 37.9 Å². The van der Waals surface area contributed by atoms with E-state index in [1.807, 2.05) is 24.3 Å². The highest BCUT2D eigenvalue weighted by atomic mass is 35.5. The normalized spacial score (nSPS) is 12.5. The Balaban J connectivity index is 3.10. The summed E-state index contributed by atoms with van der Waals surface area (Å²) >= 11 is 6.87. The molecule has 1 unspecified atom stereocenters. The number of ether oxygens (including phenoxy) is 2. The van der Waals surface area contributed by atoms with Crippen LogP contribution < -0.4 is 0 Å². The smallest absolute Gasteiger partial charge is 0.125 e. The molecule has 1 rings (SSSR count). The number of benzene rings is 1. The molecule has 1 aromatic rings. The molecule has 2 nitrogen and oxygen atoms in total. The summed E-state index contributed by atoms with van der Waals surface area (Å²) in [6.07, 6.45) is 5.22. The van der Waals surface area contributed by atoms with Crippen LogP contribution in [-0.2, 0) is 21.0 Å². The zero-order chi connectivity index (χ0) is 15.7. The maximum absolute atomic E-state index is 6.87. The molecule has 0 saturated heterocycles. The van der Waals surface area contributed by atoms with E-state index in [1.165, 1.54) is 0 Å². The Hall–Kier alpha value is -1.77. The van der Waals surface area contributed by atoms with Crippen molar-refractivity contribution < 1.29 is 9.47 Å². The third-order valence-electron chi connectivity index (χ3n) is 3.24. The lowest BCUT2D eigenvalue weighted by Crippen LogP contribution is -2.32. The van der Waals surface area contributed by atoms with Crippen LogP contribution in [0.3, 0.4) is 0 Å². The molecule has 1 atom stereocenters. The van der Waals surface area contributed by atoms with Crippen LogP contribution in [0, 0.1) is 30.0 Å². The number of hydrogen-bond acceptors (Lipinski definition) is 2. The number of hydrogen-bond donors (Lipinski definition) is 0. The molecule has 0 heterocycles. The van der Waals surface area contributed by atoms with Crippen LogP contribution in [0.25, 0.3) is 0 Å². The van der Waals surface area contributed by atoms with Gasteiger partial charge in [-0.15, -0.1) is 11.6 Å². The van der Waals surface area contributed by atoms with Gasteiger partial charge in [0, 0.05) is 13.8 Å². The van der Waals surface area contributed by atoms with Crippen LogP contribution in [0.2, 0.25) is 0 Å². The van der Waals surface area contributed by atoms with Gasteiger partial charge in [0.15, 0.2) is 0 Å². The minimum Gasteiger partial charge on any atom is -0.444 e. The van der Waals surface area contributed by atoms with Crippen molar-refractivity contribution in [1.82, 2.24) is 0 Å². The van der Waals surface area contributed by atoms with E-state index in [0.29, 0.717) is 13.2 Å². The predicted octanol–water partition coefficient (Wildman–Crippen LogP) is 4.27. The second-order valence-electron chi connectivity index (χ2n) is 4.96. The van der Waals surface area contributed by atoms with E-state index in [1.54, 1.807) is 13.8 Å². The Morgan fingerprint density at radius 2 is 1.71 bits per heavy atom. The molecule has 0 aliphatic carbocycles. The number of alkyl halides is 1. The molecule has 112 valence electrons. The standard InChI is InChI=1S/C18H21ClO2/c1-5-11-20-13-16-9-7-8-10-17(16)18(19,15(3)4)14-21-12-6-2/h7-10,15H,13-14H2,1-4H3. The summed E-state index contributed by atoms with van der Waals surface area (Å²) in [6, 6.07) is 7.94. The maximum atomic E-state index is 6.87. The third kappa shape index (κ3) is 4.62. The van der Waals surface area contributed by atoms with Crippen LogP contribution in [0.5, 0.6) is 0 Å². The average molecular weight is 305 g/mol. The van der Waals surface area contributed by atoms with Crippen molar-refractivity contribution in [2.24, 2.45) is 5.92 Å². The first-order chi connectivity index (χ1) is 10.1. The SMILES string of the molecule is CC#COCc1ccccc1C(Cl)(COC#CC)C(C)C. The quantitative estimate of drug-likeness (QED) is 0.577. The van der Waals surface area contributed by atoms with E-state index in [-0.39, 0.29) is 5.92 Å². The molecule has 0 N–H and O–H groups in total. The zero-order valence-electron chi connectivity index (χ0n) is 13.0. The van der Waals surface area contributed by atoms with E-state index in [0.717, 1.165) is 11.1 Å². The van der Waals surface area contributed by atoms with Crippen molar-refractivity contribution in [2.45, 2.75) is 39.2 Å². The lowest BCUT2D eigenvalue weighted by Gasteiger charge is -2.32. The van der Waals surface area contributed by atoms with E-state index in [9.17, 15) is 0 Å². The molecule has 0 bridgehead atoms. The van der Waals surface area contributed by atoms with Gasteiger partial charge in [-0.3, -0.25) is 0 Å². The molecule has 0 radical (unpaired) electrons. The van der Waals surface area contributed by atoms with E-state index in [4.69, 9.17) is 21.1 Å². The molecular weight excluding hydrogens is 284 g/mol. The summed E-state index contributed by atoms with van der Waals surface area (Å²) in [5.41, 5.74) is 2.01. The first-order valence-corrected chi connectivity index (χ1v) is 7.28. The molecule has 21 heavy (non-hydrogen) atoms. The predicted molar refractivity (Wildman–Crippen MR) is 86.5 cm³/mol. The lowest BCUT2D eigenvalue weighted by atomic mass is 9.85. The Bertz CT molecular complexity index is 572. The average Bonchev–Trinajstić information content (AvgIpc) is 2.48. The van der Waals surface area contributed by atoms with Gasteiger partial charge in [-0.05, 0) is 17.0 Å². The number of halogens is 1. The Morgan fingerprint density at radius 1 is 1.10 bits per heavy atom. The van der Waals surface area contributed by atoms with Gasteiger partial charge in [-0.1, -0.05) is 50.0 Å². The van der Waals surface area contributed by atoms with Gasteiger partial charge >= 0.3 is 0 Å². The van der Waals surface area contributed by atoms with Gasteiger partial charge in [0.25, 0.3) is 0 Å². The summed E-state index contributed by atoms with van der Waals surface area (Å²) < 4.78 is 10.7. The fourth-order valence-electron chi connectivity index (χ4n) is 2.01. The first kappa shape index (κ1) is 17.3. The molecule has 0 spiro atoms. The molecule has 0 fully saturated rings. The fraction of sp³-hybridized carbons (Fsp3) is 0.444. The van der Waals surface area contributed by atoms with Gasteiger partial charge in [0.2, 0.25) is 0 Å². The van der Waals surface area contributed by atoms with Crippen LogP contribution >= 0.6 is 11.6 Å². The van der Waals surface area contributed by atoms with Gasteiger partial charge in [0.1, 0.15) is 30.3 Å². The molecule has 0 aromatic heterocycles. The molecule has 0 saturated carbocycles. The maximum Gasteiger partial charge on any atom is 0.125 e. The largest absolute Gasteiger partial charge is 0.444 e. The van der Waals surface area contributed by atoms with Gasteiger partial charge < -0.3 is 9.47 Å². The molecular formula is C18H21ClO2. The van der Waals surface area contributed by atoms with Crippen molar-refractivity contribution in [2.75, 3.05) is 6.61 Å². The highest BCUT2D eigenvalue weighted by molar-refractivity contribution is 6.24. The highest BCUT2D eigenvalue weighted by Crippen LogP contribution is 2.39. The molecule has 0 aliphatic heterocycles. The molecule has 0 amide bonds. The van der Waals surface area contributed by atoms with Crippen LogP contribution in [-0.4, -0.2) is 6.61 Å². The van der Waals surface area contributed by atoms with E-state index >= 15 is 0 Å². The van der Waals surface area contributed by atoms with E-state index < -0.39 is 4.87 Å². The molecule has 0 aliphatic rings. The van der Waals surface area contributed by atoms with Crippen LogP contribution in [0.1, 0.15) is 38.8 Å². The lowest BCUT2D eigenvalue weighted by molar-refractivity contribution is 0.198. The summed E-state index contributed by atoms with van der Waals surface area (Å²) in [6.45, 7) is 8.33. The second-order valence-corrected chi connectivity index (χ2v) is 5.63.